The first-order valence-electron chi connectivity index (χ1n) is 8.45. The number of methoxy groups -OCH3 is 1. The molecule has 0 bridgehead atoms. The van der Waals surface area contributed by atoms with Crippen LogP contribution in [0.15, 0.2) is 70.4 Å². The lowest BCUT2D eigenvalue weighted by Gasteiger charge is -2.12. The average Bonchev–Trinajstić information content (AvgIpc) is 2.68. The average molecular weight is 400 g/mol. The smallest absolute Gasteiger partial charge is 0.331 e. The van der Waals surface area contributed by atoms with Gasteiger partial charge in [-0.25, -0.2) is 4.79 Å². The summed E-state index contributed by atoms with van der Waals surface area (Å²) in [6, 6.07) is 15.4. The number of carbonyl (C=O) groups excluding carboxylic acids is 1. The summed E-state index contributed by atoms with van der Waals surface area (Å²) in [6.45, 7) is -0.132. The number of benzene rings is 2. The van der Waals surface area contributed by atoms with Crippen molar-refractivity contribution in [2.24, 2.45) is 0 Å². The number of carbonyl (C=O) groups is 1. The molecule has 0 saturated heterocycles. The number of nitrogens with one attached hydrogen (secondary N) is 1. The third-order valence-electron chi connectivity index (χ3n) is 4.07. The zero-order valence-electron chi connectivity index (χ0n) is 15.1. The van der Waals surface area contributed by atoms with E-state index in [1.807, 2.05) is 30.3 Å². The Kier molecular flexibility index (Phi) is 5.96. The molecule has 0 aliphatic heterocycles. The van der Waals surface area contributed by atoms with Crippen LogP contribution in [0.4, 0.5) is 5.69 Å². The molecule has 0 unspecified atom stereocenters. The molecular weight excluding hydrogens is 382 g/mol. The highest BCUT2D eigenvalue weighted by Gasteiger charge is 2.13. The van der Waals surface area contributed by atoms with E-state index in [1.54, 1.807) is 12.1 Å². The van der Waals surface area contributed by atoms with Gasteiger partial charge >= 0.3 is 5.69 Å². The van der Waals surface area contributed by atoms with Crippen LogP contribution >= 0.6 is 11.6 Å². The summed E-state index contributed by atoms with van der Waals surface area (Å²) < 4.78 is 7.44. The number of ether oxygens (including phenoxy) is 1. The van der Waals surface area contributed by atoms with Gasteiger partial charge in [-0.3, -0.25) is 18.7 Å². The predicted molar refractivity (Wildman–Crippen MR) is 107 cm³/mol. The lowest BCUT2D eigenvalue weighted by molar-refractivity contribution is -0.116. The molecule has 28 heavy (non-hydrogen) atoms. The van der Waals surface area contributed by atoms with Crippen molar-refractivity contribution in [1.29, 1.82) is 0 Å². The molecule has 0 saturated carbocycles. The molecule has 8 heteroatoms. The van der Waals surface area contributed by atoms with Gasteiger partial charge in [0, 0.05) is 17.3 Å². The molecule has 3 aromatic rings. The second-order valence-corrected chi connectivity index (χ2v) is 6.47. The van der Waals surface area contributed by atoms with Gasteiger partial charge in [-0.05, 0) is 23.8 Å². The van der Waals surface area contributed by atoms with Crippen LogP contribution in [0, 0.1) is 0 Å². The molecule has 0 radical (unpaired) electrons. The summed E-state index contributed by atoms with van der Waals surface area (Å²) in [5, 5.41) is 3.03. The van der Waals surface area contributed by atoms with Gasteiger partial charge in [-0.1, -0.05) is 41.9 Å². The molecule has 0 aliphatic rings. The molecule has 1 amide bonds. The van der Waals surface area contributed by atoms with Gasteiger partial charge in [0.25, 0.3) is 5.56 Å². The Hall–Kier alpha value is -3.32. The minimum absolute atomic E-state index is 0.295. The molecule has 1 heterocycles. The van der Waals surface area contributed by atoms with Crippen molar-refractivity contribution < 1.29 is 9.53 Å². The Morgan fingerprint density at radius 3 is 2.57 bits per heavy atom. The molecule has 144 valence electrons. The fourth-order valence-corrected chi connectivity index (χ4v) is 2.89. The second kappa shape index (κ2) is 8.58. The van der Waals surface area contributed by atoms with Gasteiger partial charge in [0.15, 0.2) is 0 Å². The van der Waals surface area contributed by atoms with Crippen LogP contribution in [-0.4, -0.2) is 22.2 Å². The molecule has 1 N–H and O–H groups in total. The fraction of sp³-hybridized carbons (Fsp3) is 0.150. The summed E-state index contributed by atoms with van der Waals surface area (Å²) in [7, 11) is 1.46. The van der Waals surface area contributed by atoms with Crippen LogP contribution in [0.2, 0.25) is 5.02 Å². The van der Waals surface area contributed by atoms with E-state index in [0.717, 1.165) is 10.1 Å². The molecular formula is C20H18ClN3O4. The maximum Gasteiger partial charge on any atom is 0.331 e. The summed E-state index contributed by atoms with van der Waals surface area (Å²) in [5.74, 6) is -0.128. The first-order chi connectivity index (χ1) is 13.5. The van der Waals surface area contributed by atoms with Crippen LogP contribution < -0.4 is 21.3 Å². The van der Waals surface area contributed by atoms with E-state index >= 15 is 0 Å². The van der Waals surface area contributed by atoms with Gasteiger partial charge in [0.05, 0.1) is 19.3 Å². The number of amides is 1. The standard InChI is InChI=1S/C20H18ClN3O4/c1-28-17-8-7-15(21)11-16(17)22-18(25)13-24-19(26)9-10-23(20(24)27)12-14-5-3-2-4-6-14/h2-11H,12-13H2,1H3,(H,22,25). The molecule has 2 aromatic carbocycles. The minimum atomic E-state index is -0.565. The third kappa shape index (κ3) is 4.50. The highest BCUT2D eigenvalue weighted by Crippen LogP contribution is 2.27. The summed E-state index contributed by atoms with van der Waals surface area (Å²) in [6.07, 6.45) is 1.42. The van der Waals surface area contributed by atoms with E-state index in [9.17, 15) is 14.4 Å². The van der Waals surface area contributed by atoms with E-state index < -0.39 is 23.7 Å². The first kappa shape index (κ1) is 19.4. The number of hydrogen-bond donors (Lipinski definition) is 1. The first-order valence-corrected chi connectivity index (χ1v) is 8.83. The summed E-state index contributed by atoms with van der Waals surface area (Å²) >= 11 is 5.95. The van der Waals surface area contributed by atoms with Crippen molar-refractivity contribution in [3.63, 3.8) is 0 Å². The van der Waals surface area contributed by atoms with Crippen LogP contribution in [0.5, 0.6) is 5.75 Å². The Morgan fingerprint density at radius 2 is 1.86 bits per heavy atom. The molecule has 0 atom stereocenters. The van der Waals surface area contributed by atoms with Crippen molar-refractivity contribution in [2.75, 3.05) is 12.4 Å². The molecule has 3 rings (SSSR count). The van der Waals surface area contributed by atoms with E-state index in [1.165, 1.54) is 30.0 Å². The number of halogens is 1. The Labute approximate surface area is 165 Å². The summed E-state index contributed by atoms with van der Waals surface area (Å²) in [5.41, 5.74) is 0.142. The fourth-order valence-electron chi connectivity index (χ4n) is 2.71. The summed E-state index contributed by atoms with van der Waals surface area (Å²) in [4.78, 5) is 37.2. The van der Waals surface area contributed by atoms with Crippen LogP contribution in [0.25, 0.3) is 0 Å². The van der Waals surface area contributed by atoms with Gasteiger partial charge in [-0.2, -0.15) is 0 Å². The Morgan fingerprint density at radius 1 is 1.11 bits per heavy atom. The van der Waals surface area contributed by atoms with Crippen molar-refractivity contribution in [3.8, 4) is 5.75 Å². The maximum absolute atomic E-state index is 12.7. The number of aromatic nitrogens is 2. The topological polar surface area (TPSA) is 82.3 Å². The monoisotopic (exact) mass is 399 g/mol. The third-order valence-corrected chi connectivity index (χ3v) is 4.31. The van der Waals surface area contributed by atoms with Gasteiger partial charge < -0.3 is 10.1 Å². The zero-order valence-corrected chi connectivity index (χ0v) is 15.8. The van der Waals surface area contributed by atoms with E-state index in [4.69, 9.17) is 16.3 Å². The number of nitrogens with zero attached hydrogens (tertiary/aromatic N) is 2. The number of anilines is 1. The maximum atomic E-state index is 12.7. The molecule has 0 aliphatic carbocycles. The lowest BCUT2D eigenvalue weighted by Crippen LogP contribution is -2.41. The molecule has 7 nitrogen and oxygen atoms in total. The minimum Gasteiger partial charge on any atom is -0.495 e. The quantitative estimate of drug-likeness (QED) is 0.689. The highest BCUT2D eigenvalue weighted by molar-refractivity contribution is 6.31. The van der Waals surface area contributed by atoms with Gasteiger partial charge in [0.1, 0.15) is 12.3 Å². The molecule has 0 spiro atoms. The van der Waals surface area contributed by atoms with E-state index in [-0.39, 0.29) is 0 Å². The Balaban J connectivity index is 1.83. The SMILES string of the molecule is COc1ccc(Cl)cc1NC(=O)Cn1c(=O)ccn(Cc2ccccc2)c1=O. The number of rotatable bonds is 6. The van der Waals surface area contributed by atoms with Gasteiger partial charge in [-0.15, -0.1) is 0 Å². The highest BCUT2D eigenvalue weighted by atomic mass is 35.5. The van der Waals surface area contributed by atoms with E-state index in [2.05, 4.69) is 5.32 Å². The molecule has 1 aromatic heterocycles. The molecule has 0 fully saturated rings. The van der Waals surface area contributed by atoms with Crippen LogP contribution in [-0.2, 0) is 17.9 Å². The number of hydrogen-bond acceptors (Lipinski definition) is 4. The normalized spacial score (nSPS) is 10.5. The predicted octanol–water partition coefficient (Wildman–Crippen LogP) is 2.36. The van der Waals surface area contributed by atoms with Crippen LogP contribution in [0.1, 0.15) is 5.56 Å². The van der Waals surface area contributed by atoms with E-state index in [0.29, 0.717) is 23.0 Å². The van der Waals surface area contributed by atoms with Crippen molar-refractivity contribution in [2.45, 2.75) is 13.1 Å². The van der Waals surface area contributed by atoms with Gasteiger partial charge in [0.2, 0.25) is 5.91 Å². The van der Waals surface area contributed by atoms with Crippen LogP contribution in [0.3, 0.4) is 0 Å². The largest absolute Gasteiger partial charge is 0.495 e. The second-order valence-electron chi connectivity index (χ2n) is 6.03. The zero-order chi connectivity index (χ0) is 20.1. The Bertz CT molecular complexity index is 1110. The van der Waals surface area contributed by atoms with Crippen molar-refractivity contribution >= 4 is 23.2 Å². The lowest BCUT2D eigenvalue weighted by atomic mass is 10.2. The van der Waals surface area contributed by atoms with Crippen molar-refractivity contribution in [1.82, 2.24) is 9.13 Å². The van der Waals surface area contributed by atoms with Crippen molar-refractivity contribution in [3.05, 3.63) is 92.2 Å².